The number of hydrogen-bond acceptors (Lipinski definition) is 4. The van der Waals surface area contributed by atoms with E-state index < -0.39 is 11.9 Å². The van der Waals surface area contributed by atoms with E-state index in [1.165, 1.54) is 18.3 Å². The number of pyridine rings is 1. The molecule has 1 aliphatic rings. The smallest absolute Gasteiger partial charge is 0.335 e. The Labute approximate surface area is 134 Å². The molecule has 23 heavy (non-hydrogen) atoms. The van der Waals surface area contributed by atoms with Gasteiger partial charge in [-0.15, -0.1) is 0 Å². The van der Waals surface area contributed by atoms with Gasteiger partial charge in [-0.3, -0.25) is 14.6 Å². The van der Waals surface area contributed by atoms with Crippen LogP contribution in [0.1, 0.15) is 53.0 Å². The topological polar surface area (TPSA) is 99.6 Å². The predicted octanol–water partition coefficient (Wildman–Crippen LogP) is 1.30. The minimum atomic E-state index is -1.10. The van der Waals surface area contributed by atoms with Gasteiger partial charge in [0.1, 0.15) is 5.69 Å². The highest BCUT2D eigenvalue weighted by Gasteiger charge is 2.16. The van der Waals surface area contributed by atoms with Crippen molar-refractivity contribution in [3.63, 3.8) is 0 Å². The lowest BCUT2D eigenvalue weighted by molar-refractivity contribution is -0.130. The number of carbonyl (C=O) groups is 3. The van der Waals surface area contributed by atoms with E-state index in [0.717, 1.165) is 25.8 Å². The van der Waals surface area contributed by atoms with E-state index in [1.807, 2.05) is 4.90 Å². The Morgan fingerprint density at radius 2 is 2.13 bits per heavy atom. The molecule has 0 radical (unpaired) electrons. The van der Waals surface area contributed by atoms with Gasteiger partial charge in [0.05, 0.1) is 5.56 Å². The number of hydrogen-bond donors (Lipinski definition) is 2. The average Bonchev–Trinajstić information content (AvgIpc) is 2.76. The van der Waals surface area contributed by atoms with Gasteiger partial charge >= 0.3 is 5.97 Å². The van der Waals surface area contributed by atoms with Crippen molar-refractivity contribution in [2.45, 2.75) is 32.1 Å². The summed E-state index contributed by atoms with van der Waals surface area (Å²) in [4.78, 5) is 40.4. The van der Waals surface area contributed by atoms with Crippen LogP contribution >= 0.6 is 0 Å². The molecule has 1 fully saturated rings. The molecule has 0 aromatic carbocycles. The third-order valence-electron chi connectivity index (χ3n) is 3.80. The number of amides is 2. The zero-order valence-electron chi connectivity index (χ0n) is 13.0. The quantitative estimate of drug-likeness (QED) is 0.770. The number of aromatic nitrogens is 1. The molecule has 2 rings (SSSR count). The molecule has 7 nitrogen and oxygen atoms in total. The fourth-order valence-corrected chi connectivity index (χ4v) is 2.53. The fraction of sp³-hybridized carbons (Fsp3) is 0.500. The molecule has 0 atom stereocenters. The molecule has 0 bridgehead atoms. The van der Waals surface area contributed by atoms with Crippen molar-refractivity contribution >= 4 is 17.8 Å². The molecule has 2 N–H and O–H groups in total. The first kappa shape index (κ1) is 16.9. The predicted molar refractivity (Wildman–Crippen MR) is 83.2 cm³/mol. The molecule has 1 aromatic heterocycles. The van der Waals surface area contributed by atoms with Crippen LogP contribution in [0, 0.1) is 0 Å². The normalized spacial score (nSPS) is 15.1. The van der Waals surface area contributed by atoms with Crippen LogP contribution in [0.2, 0.25) is 0 Å². The summed E-state index contributed by atoms with van der Waals surface area (Å²) in [5.74, 6) is -1.32. The number of rotatable bonds is 6. The van der Waals surface area contributed by atoms with E-state index >= 15 is 0 Å². The number of carboxylic acids is 1. The van der Waals surface area contributed by atoms with E-state index in [1.54, 1.807) is 0 Å². The molecular weight excluding hydrogens is 298 g/mol. The van der Waals surface area contributed by atoms with Gasteiger partial charge in [0.25, 0.3) is 5.91 Å². The highest BCUT2D eigenvalue weighted by molar-refractivity contribution is 5.95. The number of nitrogens with zero attached hydrogens (tertiary/aromatic N) is 2. The van der Waals surface area contributed by atoms with Crippen LogP contribution < -0.4 is 5.32 Å². The van der Waals surface area contributed by atoms with E-state index in [0.29, 0.717) is 25.9 Å². The number of carbonyl (C=O) groups excluding carboxylic acids is 2. The summed E-state index contributed by atoms with van der Waals surface area (Å²) in [6.07, 6.45) is 5.65. The molecule has 1 aliphatic heterocycles. The Balaban J connectivity index is 1.77. The number of nitrogens with one attached hydrogen (secondary N) is 1. The van der Waals surface area contributed by atoms with Crippen LogP contribution in [0.25, 0.3) is 0 Å². The maximum absolute atomic E-state index is 11.9. The molecule has 1 aromatic rings. The summed E-state index contributed by atoms with van der Waals surface area (Å²) in [5.41, 5.74) is 0.107. The summed E-state index contributed by atoms with van der Waals surface area (Å²) < 4.78 is 0. The van der Waals surface area contributed by atoms with Crippen molar-refractivity contribution in [1.29, 1.82) is 0 Å². The highest BCUT2D eigenvalue weighted by Crippen LogP contribution is 2.11. The maximum atomic E-state index is 11.9. The first-order valence-electron chi connectivity index (χ1n) is 7.83. The van der Waals surface area contributed by atoms with Crippen LogP contribution in [-0.2, 0) is 4.79 Å². The van der Waals surface area contributed by atoms with Gasteiger partial charge in [0, 0.05) is 32.3 Å². The minimum Gasteiger partial charge on any atom is -0.478 e. The van der Waals surface area contributed by atoms with Crippen LogP contribution in [0.4, 0.5) is 0 Å². The lowest BCUT2D eigenvalue weighted by Gasteiger charge is -2.20. The van der Waals surface area contributed by atoms with Crippen LogP contribution in [0.3, 0.4) is 0 Å². The van der Waals surface area contributed by atoms with Gasteiger partial charge in [-0.1, -0.05) is 6.42 Å². The third kappa shape index (κ3) is 5.05. The van der Waals surface area contributed by atoms with Crippen molar-refractivity contribution in [3.05, 3.63) is 29.6 Å². The molecule has 1 saturated heterocycles. The molecule has 0 spiro atoms. The maximum Gasteiger partial charge on any atom is 0.335 e. The fourth-order valence-electron chi connectivity index (χ4n) is 2.53. The lowest BCUT2D eigenvalue weighted by Crippen LogP contribution is -2.34. The second kappa shape index (κ2) is 8.26. The zero-order chi connectivity index (χ0) is 16.7. The Kier molecular flexibility index (Phi) is 6.08. The van der Waals surface area contributed by atoms with Gasteiger partial charge in [0.15, 0.2) is 0 Å². The summed E-state index contributed by atoms with van der Waals surface area (Å²) in [6, 6.07) is 2.58. The summed E-state index contributed by atoms with van der Waals surface area (Å²) in [6.45, 7) is 1.83. The molecule has 7 heteroatoms. The molecular formula is C16H21N3O4. The van der Waals surface area contributed by atoms with Gasteiger partial charge in [-0.2, -0.15) is 0 Å². The van der Waals surface area contributed by atoms with Crippen LogP contribution in [0.5, 0.6) is 0 Å². The average molecular weight is 319 g/mol. The van der Waals surface area contributed by atoms with Gasteiger partial charge in [0.2, 0.25) is 5.91 Å². The van der Waals surface area contributed by atoms with Crippen molar-refractivity contribution in [3.8, 4) is 0 Å². The first-order valence-corrected chi connectivity index (χ1v) is 7.83. The van der Waals surface area contributed by atoms with Gasteiger partial charge in [-0.25, -0.2) is 4.79 Å². The molecule has 0 aliphatic carbocycles. The van der Waals surface area contributed by atoms with E-state index in [4.69, 9.17) is 5.11 Å². The molecule has 2 heterocycles. The molecule has 0 saturated carbocycles. The van der Waals surface area contributed by atoms with Gasteiger partial charge in [-0.05, 0) is 31.4 Å². The third-order valence-corrected chi connectivity index (χ3v) is 3.80. The Hall–Kier alpha value is -2.44. The Morgan fingerprint density at radius 1 is 1.30 bits per heavy atom. The second-order valence-corrected chi connectivity index (χ2v) is 5.54. The summed E-state index contributed by atoms with van der Waals surface area (Å²) >= 11 is 0. The van der Waals surface area contributed by atoms with Crippen molar-refractivity contribution in [2.24, 2.45) is 0 Å². The van der Waals surface area contributed by atoms with Crippen molar-refractivity contribution < 1.29 is 19.5 Å². The minimum absolute atomic E-state index is 0.0281. The number of carboxylic acid groups (broad SMARTS) is 1. The molecule has 124 valence electrons. The number of aromatic carboxylic acids is 1. The van der Waals surface area contributed by atoms with E-state index in [9.17, 15) is 14.4 Å². The van der Waals surface area contributed by atoms with Crippen LogP contribution in [-0.4, -0.2) is 52.4 Å². The molecule has 0 unspecified atom stereocenters. The standard InChI is InChI=1S/C16H21N3O4/c20-14-5-2-1-3-9-19(14)10-4-7-18-15(21)13-11-12(16(22)23)6-8-17-13/h6,8,11H,1-5,7,9-10H2,(H,18,21)(H,22,23). The highest BCUT2D eigenvalue weighted by atomic mass is 16.4. The Bertz CT molecular complexity index is 588. The number of likely N-dealkylation sites (tertiary alicyclic amines) is 1. The lowest BCUT2D eigenvalue weighted by atomic mass is 10.2. The van der Waals surface area contributed by atoms with Crippen LogP contribution in [0.15, 0.2) is 18.3 Å². The first-order chi connectivity index (χ1) is 11.1. The summed E-state index contributed by atoms with van der Waals surface area (Å²) in [7, 11) is 0. The van der Waals surface area contributed by atoms with E-state index in [-0.39, 0.29) is 17.2 Å². The molecule has 2 amide bonds. The van der Waals surface area contributed by atoms with Crippen molar-refractivity contribution in [2.75, 3.05) is 19.6 Å². The Morgan fingerprint density at radius 3 is 2.91 bits per heavy atom. The monoisotopic (exact) mass is 319 g/mol. The van der Waals surface area contributed by atoms with E-state index in [2.05, 4.69) is 10.3 Å². The van der Waals surface area contributed by atoms with Crippen molar-refractivity contribution in [1.82, 2.24) is 15.2 Å². The zero-order valence-corrected chi connectivity index (χ0v) is 13.0. The summed E-state index contributed by atoms with van der Waals surface area (Å²) in [5, 5.41) is 11.6. The second-order valence-electron chi connectivity index (χ2n) is 5.54. The SMILES string of the molecule is O=C(O)c1ccnc(C(=O)NCCCN2CCCCCC2=O)c1. The largest absolute Gasteiger partial charge is 0.478 e. The van der Waals surface area contributed by atoms with Gasteiger partial charge < -0.3 is 15.3 Å².